The molecule has 2 N–H and O–H groups in total. The largest absolute Gasteiger partial charge is 0.496 e. The van der Waals surface area contributed by atoms with Crippen LogP contribution in [0.5, 0.6) is 5.75 Å². The van der Waals surface area contributed by atoms with E-state index >= 15 is 0 Å². The lowest BCUT2D eigenvalue weighted by Gasteiger charge is -2.16. The zero-order valence-electron chi connectivity index (χ0n) is 14.8. The lowest BCUT2D eigenvalue weighted by Crippen LogP contribution is -2.42. The van der Waals surface area contributed by atoms with E-state index in [9.17, 15) is 9.59 Å². The number of carbonyl (C=O) groups excluding carboxylic acids is 2. The van der Waals surface area contributed by atoms with Crippen molar-refractivity contribution >= 4 is 11.8 Å². The highest BCUT2D eigenvalue weighted by molar-refractivity contribution is 6.35. The molecule has 0 bridgehead atoms. The molecule has 8 heteroatoms. The number of carbonyl (C=O) groups is 2. The van der Waals surface area contributed by atoms with E-state index in [-0.39, 0.29) is 19.1 Å². The first-order valence-corrected chi connectivity index (χ1v) is 8.39. The summed E-state index contributed by atoms with van der Waals surface area (Å²) in [6.07, 6.45) is 4.95. The summed E-state index contributed by atoms with van der Waals surface area (Å²) in [7, 11) is 1.55. The first kappa shape index (κ1) is 18.2. The summed E-state index contributed by atoms with van der Waals surface area (Å²) in [5.74, 6) is -0.170. The molecule has 0 aliphatic carbocycles. The molecule has 140 valence electrons. The van der Waals surface area contributed by atoms with Crippen molar-refractivity contribution in [2.24, 2.45) is 0 Å². The second-order valence-electron chi connectivity index (χ2n) is 5.72. The fourth-order valence-electron chi connectivity index (χ4n) is 2.64. The molecule has 0 radical (unpaired) electrons. The Morgan fingerprint density at radius 2 is 1.96 bits per heavy atom. The van der Waals surface area contributed by atoms with Crippen LogP contribution in [0.1, 0.15) is 17.4 Å². The van der Waals surface area contributed by atoms with Gasteiger partial charge >= 0.3 is 11.8 Å². The third-order valence-corrected chi connectivity index (χ3v) is 4.01. The van der Waals surface area contributed by atoms with Crippen LogP contribution in [-0.4, -0.2) is 35.2 Å². The van der Waals surface area contributed by atoms with Gasteiger partial charge in [-0.15, -0.1) is 0 Å². The monoisotopic (exact) mass is 368 g/mol. The molecule has 0 aliphatic rings. The van der Waals surface area contributed by atoms with Crippen LogP contribution in [0.15, 0.2) is 65.5 Å². The SMILES string of the molecule is COc1ccccc1CNC(=O)C(=O)NCC(c1ccco1)n1cccn1. The summed E-state index contributed by atoms with van der Waals surface area (Å²) >= 11 is 0. The van der Waals surface area contributed by atoms with Crippen LogP contribution in [0.25, 0.3) is 0 Å². The van der Waals surface area contributed by atoms with Crippen LogP contribution < -0.4 is 15.4 Å². The van der Waals surface area contributed by atoms with Gasteiger partial charge in [-0.05, 0) is 24.3 Å². The van der Waals surface area contributed by atoms with E-state index in [4.69, 9.17) is 9.15 Å². The summed E-state index contributed by atoms with van der Waals surface area (Å²) in [6.45, 7) is 0.354. The number of nitrogens with one attached hydrogen (secondary N) is 2. The molecule has 27 heavy (non-hydrogen) atoms. The van der Waals surface area contributed by atoms with E-state index in [0.717, 1.165) is 5.56 Å². The Hall–Kier alpha value is -3.55. The molecule has 1 atom stereocenters. The second kappa shape index (κ2) is 8.70. The molecular weight excluding hydrogens is 348 g/mol. The van der Waals surface area contributed by atoms with Gasteiger partial charge in [0.25, 0.3) is 0 Å². The molecule has 1 aromatic carbocycles. The number of amides is 2. The third-order valence-electron chi connectivity index (χ3n) is 4.01. The molecule has 0 saturated heterocycles. The fourth-order valence-corrected chi connectivity index (χ4v) is 2.64. The van der Waals surface area contributed by atoms with E-state index in [1.54, 1.807) is 54.7 Å². The standard InChI is InChI=1S/C19H20N4O4/c1-26-16-7-3-2-6-14(16)12-20-18(24)19(25)21-13-15(17-8-4-11-27-17)23-10-5-9-22-23/h2-11,15H,12-13H2,1H3,(H,20,24)(H,21,25). The summed E-state index contributed by atoms with van der Waals surface area (Å²) in [6, 6.07) is 12.3. The average Bonchev–Trinajstić information content (AvgIpc) is 3.41. The van der Waals surface area contributed by atoms with Gasteiger partial charge in [0.2, 0.25) is 0 Å². The predicted octanol–water partition coefficient (Wildman–Crippen LogP) is 1.51. The number of aromatic nitrogens is 2. The van der Waals surface area contributed by atoms with E-state index in [2.05, 4.69) is 15.7 Å². The smallest absolute Gasteiger partial charge is 0.309 e. The Labute approximate surface area is 156 Å². The predicted molar refractivity (Wildman–Crippen MR) is 96.9 cm³/mol. The van der Waals surface area contributed by atoms with Crippen molar-refractivity contribution in [1.29, 1.82) is 0 Å². The van der Waals surface area contributed by atoms with Gasteiger partial charge in [-0.3, -0.25) is 14.3 Å². The van der Waals surface area contributed by atoms with Gasteiger partial charge in [-0.25, -0.2) is 0 Å². The molecule has 0 fully saturated rings. The van der Waals surface area contributed by atoms with Crippen molar-refractivity contribution in [3.05, 3.63) is 72.4 Å². The summed E-state index contributed by atoms with van der Waals surface area (Å²) in [5.41, 5.74) is 0.783. The molecule has 0 aliphatic heterocycles. The van der Waals surface area contributed by atoms with Crippen LogP contribution >= 0.6 is 0 Å². The van der Waals surface area contributed by atoms with Crippen LogP contribution in [0.3, 0.4) is 0 Å². The maximum absolute atomic E-state index is 12.1. The summed E-state index contributed by atoms with van der Waals surface area (Å²) in [5, 5.41) is 9.39. The van der Waals surface area contributed by atoms with E-state index < -0.39 is 11.8 Å². The molecule has 2 heterocycles. The molecule has 2 amide bonds. The minimum absolute atomic E-state index is 0.163. The molecule has 0 saturated carbocycles. The Bertz CT molecular complexity index is 841. The minimum Gasteiger partial charge on any atom is -0.496 e. The second-order valence-corrected chi connectivity index (χ2v) is 5.72. The van der Waals surface area contributed by atoms with Crippen LogP contribution in [0, 0.1) is 0 Å². The number of nitrogens with zero attached hydrogens (tertiary/aromatic N) is 2. The van der Waals surface area contributed by atoms with Crippen molar-refractivity contribution in [3.8, 4) is 5.75 Å². The normalized spacial score (nSPS) is 11.6. The Kier molecular flexibility index (Phi) is 5.88. The maximum atomic E-state index is 12.1. The minimum atomic E-state index is -0.728. The number of methoxy groups -OCH3 is 1. The molecule has 3 aromatic rings. The Morgan fingerprint density at radius 3 is 2.67 bits per heavy atom. The highest BCUT2D eigenvalue weighted by Gasteiger charge is 2.20. The molecule has 2 aromatic heterocycles. The van der Waals surface area contributed by atoms with Gasteiger partial charge in [0.05, 0.1) is 13.4 Å². The number of hydrogen-bond donors (Lipinski definition) is 2. The number of ether oxygens (including phenoxy) is 1. The van der Waals surface area contributed by atoms with Crippen molar-refractivity contribution in [2.45, 2.75) is 12.6 Å². The molecule has 8 nitrogen and oxygen atoms in total. The molecule has 1 unspecified atom stereocenters. The lowest BCUT2D eigenvalue weighted by atomic mass is 10.2. The van der Waals surface area contributed by atoms with Gasteiger partial charge in [-0.2, -0.15) is 5.10 Å². The summed E-state index contributed by atoms with van der Waals surface area (Å²) < 4.78 is 12.3. The summed E-state index contributed by atoms with van der Waals surface area (Å²) in [4.78, 5) is 24.2. The van der Waals surface area contributed by atoms with E-state index in [1.807, 2.05) is 18.2 Å². The molecular formula is C19H20N4O4. The van der Waals surface area contributed by atoms with Crippen LogP contribution in [0.4, 0.5) is 0 Å². The van der Waals surface area contributed by atoms with Crippen LogP contribution in [-0.2, 0) is 16.1 Å². The quantitative estimate of drug-likeness (QED) is 0.616. The fraction of sp³-hybridized carbons (Fsp3) is 0.211. The zero-order chi connectivity index (χ0) is 19.1. The Morgan fingerprint density at radius 1 is 1.15 bits per heavy atom. The van der Waals surface area contributed by atoms with Crippen molar-refractivity contribution in [2.75, 3.05) is 13.7 Å². The number of benzene rings is 1. The third kappa shape index (κ3) is 4.55. The Balaban J connectivity index is 1.57. The number of para-hydroxylation sites is 1. The van der Waals surface area contributed by atoms with Crippen molar-refractivity contribution < 1.29 is 18.7 Å². The van der Waals surface area contributed by atoms with Crippen molar-refractivity contribution in [1.82, 2.24) is 20.4 Å². The maximum Gasteiger partial charge on any atom is 0.309 e. The van der Waals surface area contributed by atoms with Gasteiger partial charge in [0, 0.05) is 31.0 Å². The van der Waals surface area contributed by atoms with E-state index in [1.165, 1.54) is 0 Å². The topological polar surface area (TPSA) is 98.4 Å². The van der Waals surface area contributed by atoms with E-state index in [0.29, 0.717) is 11.5 Å². The first-order chi connectivity index (χ1) is 13.2. The van der Waals surface area contributed by atoms with Crippen molar-refractivity contribution in [3.63, 3.8) is 0 Å². The first-order valence-electron chi connectivity index (χ1n) is 8.39. The highest BCUT2D eigenvalue weighted by Crippen LogP contribution is 2.18. The number of furan rings is 1. The molecule has 3 rings (SSSR count). The number of hydrogen-bond acceptors (Lipinski definition) is 5. The van der Waals surface area contributed by atoms with Gasteiger partial charge in [0.1, 0.15) is 17.6 Å². The van der Waals surface area contributed by atoms with Gasteiger partial charge in [-0.1, -0.05) is 18.2 Å². The average molecular weight is 368 g/mol. The highest BCUT2D eigenvalue weighted by atomic mass is 16.5. The number of rotatable bonds is 7. The van der Waals surface area contributed by atoms with Crippen LogP contribution in [0.2, 0.25) is 0 Å². The van der Waals surface area contributed by atoms with Gasteiger partial charge in [0.15, 0.2) is 0 Å². The lowest BCUT2D eigenvalue weighted by molar-refractivity contribution is -0.139. The molecule has 0 spiro atoms. The van der Waals surface area contributed by atoms with Gasteiger partial charge < -0.3 is 19.8 Å². The zero-order valence-corrected chi connectivity index (χ0v) is 14.8.